The lowest BCUT2D eigenvalue weighted by atomic mass is 9.79. The number of carboxylic acids is 1. The lowest BCUT2D eigenvalue weighted by Gasteiger charge is -2.28. The molecule has 1 aliphatic heterocycles. The van der Waals surface area contributed by atoms with E-state index in [1.807, 2.05) is 12.1 Å². The summed E-state index contributed by atoms with van der Waals surface area (Å²) in [5.41, 5.74) is 2.50. The SMILES string of the molecule is CC(OCC1CCCO1)C(=O)NC(CC1CCCc2ccccc21)C(=O)O. The molecule has 0 spiro atoms. The number of carboxylic acid groups (broad SMARTS) is 1. The molecule has 0 radical (unpaired) electrons. The maximum absolute atomic E-state index is 12.4. The predicted octanol–water partition coefficient (Wildman–Crippen LogP) is 2.65. The summed E-state index contributed by atoms with van der Waals surface area (Å²) in [6.07, 6.45) is 4.71. The third kappa shape index (κ3) is 5.30. The fourth-order valence-electron chi connectivity index (χ4n) is 4.00. The first kappa shape index (κ1) is 19.8. The van der Waals surface area contributed by atoms with Gasteiger partial charge in [-0.25, -0.2) is 4.79 Å². The Hall–Kier alpha value is -1.92. The van der Waals surface area contributed by atoms with Crippen LogP contribution in [0.25, 0.3) is 0 Å². The Balaban J connectivity index is 1.56. The van der Waals surface area contributed by atoms with Crippen molar-refractivity contribution >= 4 is 11.9 Å². The van der Waals surface area contributed by atoms with Crippen molar-refractivity contribution in [1.29, 1.82) is 0 Å². The van der Waals surface area contributed by atoms with Gasteiger partial charge in [0.1, 0.15) is 12.1 Å². The summed E-state index contributed by atoms with van der Waals surface area (Å²) in [4.78, 5) is 24.1. The predicted molar refractivity (Wildman–Crippen MR) is 101 cm³/mol. The van der Waals surface area contributed by atoms with Crippen LogP contribution in [-0.4, -0.2) is 48.4 Å². The van der Waals surface area contributed by atoms with E-state index in [1.165, 1.54) is 11.1 Å². The maximum Gasteiger partial charge on any atom is 0.326 e. The van der Waals surface area contributed by atoms with Gasteiger partial charge in [-0.2, -0.15) is 0 Å². The number of aryl methyl sites for hydroxylation is 1. The van der Waals surface area contributed by atoms with Gasteiger partial charge < -0.3 is 19.9 Å². The Bertz CT molecular complexity index is 656. The summed E-state index contributed by atoms with van der Waals surface area (Å²) in [7, 11) is 0. The number of aliphatic carboxylic acids is 1. The molecule has 1 amide bonds. The van der Waals surface area contributed by atoms with Gasteiger partial charge in [0, 0.05) is 6.61 Å². The molecule has 0 saturated carbocycles. The van der Waals surface area contributed by atoms with Gasteiger partial charge in [-0.3, -0.25) is 4.79 Å². The van der Waals surface area contributed by atoms with Gasteiger partial charge in [-0.15, -0.1) is 0 Å². The Morgan fingerprint density at radius 2 is 2.11 bits per heavy atom. The Morgan fingerprint density at radius 1 is 1.30 bits per heavy atom. The molecule has 2 aliphatic rings. The van der Waals surface area contributed by atoms with E-state index in [9.17, 15) is 14.7 Å². The summed E-state index contributed by atoms with van der Waals surface area (Å²) in [5.74, 6) is -1.23. The zero-order chi connectivity index (χ0) is 19.2. The highest BCUT2D eigenvalue weighted by atomic mass is 16.5. The monoisotopic (exact) mass is 375 g/mol. The zero-order valence-electron chi connectivity index (χ0n) is 15.9. The first-order valence-corrected chi connectivity index (χ1v) is 9.88. The van der Waals surface area contributed by atoms with Crippen molar-refractivity contribution in [3.8, 4) is 0 Å². The Labute approximate surface area is 160 Å². The third-order valence-electron chi connectivity index (χ3n) is 5.55. The lowest BCUT2D eigenvalue weighted by Crippen LogP contribution is -2.46. The molecular weight excluding hydrogens is 346 g/mol. The van der Waals surface area contributed by atoms with E-state index in [0.717, 1.165) is 38.7 Å². The molecular formula is C21H29NO5. The van der Waals surface area contributed by atoms with Crippen molar-refractivity contribution in [3.05, 3.63) is 35.4 Å². The van der Waals surface area contributed by atoms with E-state index >= 15 is 0 Å². The Kier molecular flexibility index (Phi) is 6.85. The van der Waals surface area contributed by atoms with Crippen molar-refractivity contribution in [1.82, 2.24) is 5.32 Å². The van der Waals surface area contributed by atoms with Crippen LogP contribution in [0.15, 0.2) is 24.3 Å². The standard InChI is InChI=1S/C21H29NO5/c1-14(27-13-17-9-5-11-26-17)20(23)22-19(21(24)25)12-16-8-4-7-15-6-2-3-10-18(15)16/h2-3,6,10,14,16-17,19H,4-5,7-9,11-13H2,1H3,(H,22,23)(H,24,25). The molecule has 1 aromatic rings. The highest BCUT2D eigenvalue weighted by Gasteiger charge is 2.29. The van der Waals surface area contributed by atoms with Crippen LogP contribution in [0.1, 0.15) is 56.1 Å². The van der Waals surface area contributed by atoms with Crippen molar-refractivity contribution in [2.45, 2.75) is 69.6 Å². The minimum atomic E-state index is -1.00. The molecule has 1 saturated heterocycles. The second-order valence-corrected chi connectivity index (χ2v) is 7.53. The van der Waals surface area contributed by atoms with Crippen molar-refractivity contribution in [2.24, 2.45) is 0 Å². The van der Waals surface area contributed by atoms with Crippen LogP contribution >= 0.6 is 0 Å². The summed E-state index contributed by atoms with van der Waals surface area (Å²) < 4.78 is 11.1. The summed E-state index contributed by atoms with van der Waals surface area (Å²) >= 11 is 0. The van der Waals surface area contributed by atoms with Gasteiger partial charge in [0.2, 0.25) is 5.91 Å². The van der Waals surface area contributed by atoms with Crippen molar-refractivity contribution < 1.29 is 24.2 Å². The number of ether oxygens (including phenoxy) is 2. The summed E-state index contributed by atoms with van der Waals surface area (Å²) in [6.45, 7) is 2.75. The zero-order valence-corrected chi connectivity index (χ0v) is 15.9. The molecule has 0 bridgehead atoms. The molecule has 1 heterocycles. The molecule has 1 fully saturated rings. The molecule has 0 aromatic heterocycles. The van der Waals surface area contributed by atoms with E-state index in [2.05, 4.69) is 17.4 Å². The highest BCUT2D eigenvalue weighted by Crippen LogP contribution is 2.34. The van der Waals surface area contributed by atoms with E-state index in [-0.39, 0.29) is 17.9 Å². The molecule has 3 rings (SSSR count). The normalized spacial score (nSPS) is 24.0. The maximum atomic E-state index is 12.4. The quantitative estimate of drug-likeness (QED) is 0.730. The topological polar surface area (TPSA) is 84.9 Å². The van der Waals surface area contributed by atoms with E-state index in [4.69, 9.17) is 9.47 Å². The van der Waals surface area contributed by atoms with Crippen LogP contribution in [0, 0.1) is 0 Å². The van der Waals surface area contributed by atoms with Gasteiger partial charge >= 0.3 is 5.97 Å². The molecule has 6 nitrogen and oxygen atoms in total. The van der Waals surface area contributed by atoms with E-state index in [0.29, 0.717) is 13.0 Å². The number of amides is 1. The number of hydrogen-bond acceptors (Lipinski definition) is 4. The number of hydrogen-bond donors (Lipinski definition) is 2. The first-order valence-electron chi connectivity index (χ1n) is 9.88. The molecule has 1 aliphatic carbocycles. The van der Waals surface area contributed by atoms with E-state index in [1.54, 1.807) is 6.92 Å². The van der Waals surface area contributed by atoms with Gasteiger partial charge in [0.05, 0.1) is 12.7 Å². The van der Waals surface area contributed by atoms with Crippen LogP contribution in [-0.2, 0) is 25.5 Å². The molecule has 6 heteroatoms. The molecule has 1 aromatic carbocycles. The molecule has 148 valence electrons. The molecule has 4 unspecified atom stereocenters. The van der Waals surface area contributed by atoms with Crippen molar-refractivity contribution in [2.75, 3.05) is 13.2 Å². The second-order valence-electron chi connectivity index (χ2n) is 7.53. The lowest BCUT2D eigenvalue weighted by molar-refractivity contribution is -0.145. The van der Waals surface area contributed by atoms with Gasteiger partial charge in [-0.1, -0.05) is 24.3 Å². The average Bonchev–Trinajstić information content (AvgIpc) is 3.19. The van der Waals surface area contributed by atoms with E-state index < -0.39 is 18.1 Å². The number of fused-ring (bicyclic) bond motifs is 1. The fourth-order valence-corrected chi connectivity index (χ4v) is 4.00. The van der Waals surface area contributed by atoms with Crippen LogP contribution in [0.2, 0.25) is 0 Å². The van der Waals surface area contributed by atoms with Gasteiger partial charge in [0.25, 0.3) is 0 Å². The van der Waals surface area contributed by atoms with Crippen LogP contribution in [0.3, 0.4) is 0 Å². The molecule has 4 atom stereocenters. The van der Waals surface area contributed by atoms with Crippen LogP contribution in [0.4, 0.5) is 0 Å². The third-order valence-corrected chi connectivity index (χ3v) is 5.55. The van der Waals surface area contributed by atoms with Crippen LogP contribution in [0.5, 0.6) is 0 Å². The number of carbonyl (C=O) groups is 2. The molecule has 2 N–H and O–H groups in total. The first-order chi connectivity index (χ1) is 13.0. The minimum absolute atomic E-state index is 0.0364. The van der Waals surface area contributed by atoms with Gasteiger partial charge in [0.15, 0.2) is 0 Å². The summed E-state index contributed by atoms with van der Waals surface area (Å²) in [5, 5.41) is 12.3. The smallest absolute Gasteiger partial charge is 0.326 e. The number of nitrogens with one attached hydrogen (secondary N) is 1. The molecule has 27 heavy (non-hydrogen) atoms. The number of rotatable bonds is 8. The second kappa shape index (κ2) is 9.33. The van der Waals surface area contributed by atoms with Gasteiger partial charge in [-0.05, 0) is 62.5 Å². The summed E-state index contributed by atoms with van der Waals surface area (Å²) in [6, 6.07) is 7.28. The Morgan fingerprint density at radius 3 is 2.85 bits per heavy atom. The van der Waals surface area contributed by atoms with Crippen LogP contribution < -0.4 is 5.32 Å². The number of carbonyl (C=O) groups excluding carboxylic acids is 1. The fraction of sp³-hybridized carbons (Fsp3) is 0.619. The minimum Gasteiger partial charge on any atom is -0.480 e. The average molecular weight is 375 g/mol. The largest absolute Gasteiger partial charge is 0.480 e. The van der Waals surface area contributed by atoms with Crippen molar-refractivity contribution in [3.63, 3.8) is 0 Å². The number of benzene rings is 1. The highest BCUT2D eigenvalue weighted by molar-refractivity contribution is 5.86.